The van der Waals surface area contributed by atoms with Gasteiger partial charge in [0.05, 0.1) is 22.5 Å². The number of aromatic carboxylic acids is 1. The third kappa shape index (κ3) is 4.04. The zero-order valence-corrected chi connectivity index (χ0v) is 15.8. The standard InChI is InChI=1S/C21H18N6O2/c1-11-6-12(2)19-15(7-11)16(21(28)29)9-17(25-19)13-4-3-5-14(8-13)26-27-18(10-22)20(23)24/h3-9,26H,1-2H3,(H3,23,24)(H,28,29)/b27-18+. The van der Waals surface area contributed by atoms with E-state index in [2.05, 4.69) is 15.5 Å². The van der Waals surface area contributed by atoms with Gasteiger partial charge in [-0.3, -0.25) is 10.8 Å². The van der Waals surface area contributed by atoms with Gasteiger partial charge in [-0.1, -0.05) is 23.8 Å². The Kier molecular flexibility index (Phi) is 5.23. The number of hydrogen-bond acceptors (Lipinski definition) is 6. The number of aryl methyl sites for hydroxylation is 2. The second-order valence-electron chi connectivity index (χ2n) is 6.52. The molecule has 8 heteroatoms. The molecular weight excluding hydrogens is 368 g/mol. The van der Waals surface area contributed by atoms with Crippen molar-refractivity contribution in [1.82, 2.24) is 4.98 Å². The lowest BCUT2D eigenvalue weighted by Crippen LogP contribution is -2.21. The highest BCUT2D eigenvalue weighted by atomic mass is 16.4. The highest BCUT2D eigenvalue weighted by Crippen LogP contribution is 2.29. The molecule has 0 atom stereocenters. The molecule has 5 N–H and O–H groups in total. The maximum atomic E-state index is 11.8. The van der Waals surface area contributed by atoms with Crippen LogP contribution < -0.4 is 11.2 Å². The van der Waals surface area contributed by atoms with Crippen LogP contribution in [0.5, 0.6) is 0 Å². The third-order valence-electron chi connectivity index (χ3n) is 4.29. The molecule has 3 aromatic rings. The first-order chi connectivity index (χ1) is 13.8. The van der Waals surface area contributed by atoms with Crippen molar-refractivity contribution in [3.05, 3.63) is 59.2 Å². The van der Waals surface area contributed by atoms with Crippen LogP contribution in [-0.2, 0) is 0 Å². The van der Waals surface area contributed by atoms with E-state index >= 15 is 0 Å². The van der Waals surface area contributed by atoms with Gasteiger partial charge in [-0.05, 0) is 43.7 Å². The predicted octanol–water partition coefficient (Wildman–Crippen LogP) is 3.44. The molecule has 2 aromatic carbocycles. The van der Waals surface area contributed by atoms with E-state index in [4.69, 9.17) is 16.4 Å². The van der Waals surface area contributed by atoms with Crippen LogP contribution in [0.1, 0.15) is 21.5 Å². The number of benzene rings is 2. The summed E-state index contributed by atoms with van der Waals surface area (Å²) in [5, 5.41) is 30.3. The van der Waals surface area contributed by atoms with Crippen molar-refractivity contribution in [1.29, 1.82) is 10.7 Å². The van der Waals surface area contributed by atoms with Crippen LogP contribution >= 0.6 is 0 Å². The van der Waals surface area contributed by atoms with Gasteiger partial charge in [0.1, 0.15) is 6.07 Å². The number of carbonyl (C=O) groups is 1. The monoisotopic (exact) mass is 386 g/mol. The summed E-state index contributed by atoms with van der Waals surface area (Å²) in [5.41, 5.74) is 12.1. The number of fused-ring (bicyclic) bond motifs is 1. The van der Waals surface area contributed by atoms with Crippen LogP contribution in [-0.4, -0.2) is 27.6 Å². The van der Waals surface area contributed by atoms with Crippen molar-refractivity contribution in [3.8, 4) is 17.3 Å². The van der Waals surface area contributed by atoms with E-state index in [0.29, 0.717) is 27.8 Å². The number of anilines is 1. The Hall–Kier alpha value is -4.25. The Balaban J connectivity index is 2.11. The average molecular weight is 386 g/mol. The van der Waals surface area contributed by atoms with E-state index in [1.165, 1.54) is 0 Å². The quantitative estimate of drug-likeness (QED) is 0.300. The largest absolute Gasteiger partial charge is 0.478 e. The average Bonchev–Trinajstić information content (AvgIpc) is 2.67. The number of carboxylic acid groups (broad SMARTS) is 1. The number of carboxylic acids is 1. The zero-order chi connectivity index (χ0) is 21.1. The summed E-state index contributed by atoms with van der Waals surface area (Å²) in [5.74, 6) is -1.47. The van der Waals surface area contributed by atoms with E-state index in [1.807, 2.05) is 26.0 Å². The Labute approximate surface area is 166 Å². The molecule has 1 aromatic heterocycles. The summed E-state index contributed by atoms with van der Waals surface area (Å²) in [6.45, 7) is 3.81. The first-order valence-electron chi connectivity index (χ1n) is 8.64. The molecule has 0 aliphatic heterocycles. The smallest absolute Gasteiger partial charge is 0.336 e. The van der Waals surface area contributed by atoms with Crippen LogP contribution in [0, 0.1) is 30.6 Å². The van der Waals surface area contributed by atoms with Gasteiger partial charge < -0.3 is 10.8 Å². The highest BCUT2D eigenvalue weighted by Gasteiger charge is 2.15. The molecular formula is C21H18N6O2. The molecule has 0 bridgehead atoms. The summed E-state index contributed by atoms with van der Waals surface area (Å²) < 4.78 is 0. The molecule has 8 nitrogen and oxygen atoms in total. The van der Waals surface area contributed by atoms with Gasteiger partial charge in [0, 0.05) is 10.9 Å². The fraction of sp³-hybridized carbons (Fsp3) is 0.0952. The number of nitrogens with one attached hydrogen (secondary N) is 2. The van der Waals surface area contributed by atoms with Gasteiger partial charge in [-0.25, -0.2) is 9.78 Å². The molecule has 0 fully saturated rings. The normalized spacial score (nSPS) is 11.1. The summed E-state index contributed by atoms with van der Waals surface area (Å²) in [4.78, 5) is 16.5. The van der Waals surface area contributed by atoms with E-state index in [0.717, 1.165) is 11.1 Å². The second-order valence-corrected chi connectivity index (χ2v) is 6.52. The Morgan fingerprint density at radius 1 is 1.28 bits per heavy atom. The number of pyridine rings is 1. The van der Waals surface area contributed by atoms with Crippen molar-refractivity contribution < 1.29 is 9.90 Å². The molecule has 0 saturated carbocycles. The minimum absolute atomic E-state index is 0.177. The second kappa shape index (κ2) is 7.78. The van der Waals surface area contributed by atoms with Crippen LogP contribution in [0.15, 0.2) is 47.6 Å². The van der Waals surface area contributed by atoms with E-state index in [1.54, 1.807) is 36.4 Å². The van der Waals surface area contributed by atoms with Crippen molar-refractivity contribution in [2.24, 2.45) is 10.8 Å². The number of amidine groups is 1. The Morgan fingerprint density at radius 3 is 2.69 bits per heavy atom. The lowest BCUT2D eigenvalue weighted by atomic mass is 10.00. The van der Waals surface area contributed by atoms with E-state index < -0.39 is 11.8 Å². The van der Waals surface area contributed by atoms with Gasteiger partial charge in [-0.2, -0.15) is 10.4 Å². The molecule has 0 radical (unpaired) electrons. The summed E-state index contributed by atoms with van der Waals surface area (Å²) in [6, 6.07) is 14.0. The number of hydrogen-bond donors (Lipinski definition) is 4. The van der Waals surface area contributed by atoms with Crippen molar-refractivity contribution in [2.75, 3.05) is 5.43 Å². The van der Waals surface area contributed by atoms with E-state index in [9.17, 15) is 9.90 Å². The molecule has 0 aliphatic rings. The first kappa shape index (κ1) is 19.5. The van der Waals surface area contributed by atoms with Gasteiger partial charge in [0.15, 0.2) is 5.84 Å². The number of nitrogens with two attached hydrogens (primary N) is 1. The molecule has 0 aliphatic carbocycles. The molecule has 1 heterocycles. The number of aromatic nitrogens is 1. The maximum absolute atomic E-state index is 11.8. The third-order valence-corrected chi connectivity index (χ3v) is 4.29. The van der Waals surface area contributed by atoms with Crippen LogP contribution in [0.4, 0.5) is 5.69 Å². The molecule has 144 valence electrons. The number of nitriles is 1. The van der Waals surface area contributed by atoms with E-state index in [-0.39, 0.29) is 11.3 Å². The van der Waals surface area contributed by atoms with Gasteiger partial charge in [0.2, 0.25) is 5.71 Å². The summed E-state index contributed by atoms with van der Waals surface area (Å²) in [7, 11) is 0. The fourth-order valence-corrected chi connectivity index (χ4v) is 3.02. The van der Waals surface area contributed by atoms with Crippen LogP contribution in [0.3, 0.4) is 0 Å². The van der Waals surface area contributed by atoms with Crippen molar-refractivity contribution in [3.63, 3.8) is 0 Å². The number of rotatable bonds is 5. The predicted molar refractivity (Wildman–Crippen MR) is 112 cm³/mol. The first-order valence-corrected chi connectivity index (χ1v) is 8.64. The lowest BCUT2D eigenvalue weighted by molar-refractivity contribution is 0.0699. The van der Waals surface area contributed by atoms with Crippen molar-refractivity contribution in [2.45, 2.75) is 13.8 Å². The van der Waals surface area contributed by atoms with Crippen LogP contribution in [0.2, 0.25) is 0 Å². The maximum Gasteiger partial charge on any atom is 0.336 e. The molecule has 0 amide bonds. The fourth-order valence-electron chi connectivity index (χ4n) is 3.02. The molecule has 0 spiro atoms. The Bertz CT molecular complexity index is 1220. The summed E-state index contributed by atoms with van der Waals surface area (Å²) in [6.07, 6.45) is 0. The van der Waals surface area contributed by atoms with Crippen LogP contribution in [0.25, 0.3) is 22.2 Å². The minimum Gasteiger partial charge on any atom is -0.478 e. The SMILES string of the molecule is Cc1cc(C)c2nc(-c3cccc(N/N=C(\C#N)C(=N)N)c3)cc(C(=O)O)c2c1. The van der Waals surface area contributed by atoms with Crippen molar-refractivity contribution >= 4 is 34.1 Å². The summed E-state index contributed by atoms with van der Waals surface area (Å²) >= 11 is 0. The van der Waals surface area contributed by atoms with Gasteiger partial charge in [-0.15, -0.1) is 0 Å². The highest BCUT2D eigenvalue weighted by molar-refractivity contribution is 6.45. The minimum atomic E-state index is -1.03. The molecule has 0 saturated heterocycles. The topological polar surface area (TPSA) is 148 Å². The number of nitrogens with zero attached hydrogens (tertiary/aromatic N) is 3. The van der Waals surface area contributed by atoms with Gasteiger partial charge in [0.25, 0.3) is 0 Å². The Morgan fingerprint density at radius 2 is 2.03 bits per heavy atom. The number of hydrazone groups is 1. The van der Waals surface area contributed by atoms with Gasteiger partial charge >= 0.3 is 5.97 Å². The molecule has 29 heavy (non-hydrogen) atoms. The molecule has 0 unspecified atom stereocenters. The lowest BCUT2D eigenvalue weighted by Gasteiger charge is -2.11. The molecule has 3 rings (SSSR count). The zero-order valence-electron chi connectivity index (χ0n) is 15.8.